The first-order valence-corrected chi connectivity index (χ1v) is 9.01. The molecule has 0 radical (unpaired) electrons. The summed E-state index contributed by atoms with van der Waals surface area (Å²) in [6, 6.07) is 18.0. The minimum absolute atomic E-state index is 0.136. The van der Waals surface area contributed by atoms with Gasteiger partial charge in [0.15, 0.2) is 0 Å². The van der Waals surface area contributed by atoms with Gasteiger partial charge in [0.1, 0.15) is 0 Å². The Labute approximate surface area is 150 Å². The Morgan fingerprint density at radius 1 is 1.04 bits per heavy atom. The van der Waals surface area contributed by atoms with Crippen LogP contribution >= 0.6 is 22.6 Å². The predicted molar refractivity (Wildman–Crippen MR) is 99.3 cm³/mol. The Morgan fingerprint density at radius 3 is 2.39 bits per heavy atom. The number of benzene rings is 2. The molecule has 1 saturated heterocycles. The summed E-state index contributed by atoms with van der Waals surface area (Å²) in [5.41, 5.74) is 2.00. The highest BCUT2D eigenvalue weighted by Crippen LogP contribution is 2.20. The minimum Gasteiger partial charge on any atom is -0.373 e. The van der Waals surface area contributed by atoms with Crippen LogP contribution in [0.4, 0.5) is 0 Å². The van der Waals surface area contributed by atoms with E-state index >= 15 is 0 Å². The van der Waals surface area contributed by atoms with Gasteiger partial charge in [0.2, 0.25) is 0 Å². The molecule has 4 heteroatoms. The van der Waals surface area contributed by atoms with E-state index in [0.717, 1.165) is 35.1 Å². The number of halogens is 1. The Kier molecular flexibility index (Phi) is 5.67. The summed E-state index contributed by atoms with van der Waals surface area (Å²) >= 11 is 2.22. The molecule has 0 bridgehead atoms. The number of nitrogens with zero attached hydrogens (tertiary/aromatic N) is 1. The Balaban J connectivity index is 1.50. The average Bonchev–Trinajstić information content (AvgIpc) is 2.61. The van der Waals surface area contributed by atoms with Crippen molar-refractivity contribution >= 4 is 28.5 Å². The number of carbonyl (C=O) groups is 1. The van der Waals surface area contributed by atoms with E-state index in [9.17, 15) is 4.79 Å². The van der Waals surface area contributed by atoms with Gasteiger partial charge in [-0.1, -0.05) is 42.5 Å². The van der Waals surface area contributed by atoms with E-state index in [1.807, 2.05) is 47.4 Å². The zero-order chi connectivity index (χ0) is 16.1. The maximum Gasteiger partial charge on any atom is 0.254 e. The van der Waals surface area contributed by atoms with Crippen molar-refractivity contribution < 1.29 is 9.53 Å². The molecule has 0 atom stereocenters. The zero-order valence-electron chi connectivity index (χ0n) is 13.0. The molecule has 1 fully saturated rings. The van der Waals surface area contributed by atoms with Crippen molar-refractivity contribution in [1.82, 2.24) is 4.90 Å². The van der Waals surface area contributed by atoms with E-state index < -0.39 is 0 Å². The Bertz CT molecular complexity index is 651. The normalized spacial score (nSPS) is 15.6. The van der Waals surface area contributed by atoms with E-state index in [1.165, 1.54) is 5.56 Å². The molecule has 3 nitrogen and oxygen atoms in total. The molecule has 0 spiro atoms. The SMILES string of the molecule is O=C(c1ccccc1I)N1CCC(OCc2ccccc2)CC1. The van der Waals surface area contributed by atoms with E-state index in [2.05, 4.69) is 34.7 Å². The maximum atomic E-state index is 12.6. The van der Waals surface area contributed by atoms with Crippen LogP contribution in [0.1, 0.15) is 28.8 Å². The summed E-state index contributed by atoms with van der Waals surface area (Å²) in [5, 5.41) is 0. The van der Waals surface area contributed by atoms with Crippen LogP contribution in [0.15, 0.2) is 54.6 Å². The quantitative estimate of drug-likeness (QED) is 0.696. The molecular formula is C19H20INO2. The summed E-state index contributed by atoms with van der Waals surface area (Å²) in [6.07, 6.45) is 2.05. The van der Waals surface area contributed by atoms with Crippen molar-refractivity contribution in [2.45, 2.75) is 25.6 Å². The van der Waals surface area contributed by atoms with Gasteiger partial charge in [-0.05, 0) is 53.1 Å². The second-order valence-corrected chi connectivity index (χ2v) is 6.93. The lowest BCUT2D eigenvalue weighted by Crippen LogP contribution is -2.41. The van der Waals surface area contributed by atoms with Crippen molar-refractivity contribution in [3.63, 3.8) is 0 Å². The number of rotatable bonds is 4. The molecule has 3 rings (SSSR count). The molecule has 1 heterocycles. The number of hydrogen-bond acceptors (Lipinski definition) is 2. The summed E-state index contributed by atoms with van der Waals surface area (Å²) in [7, 11) is 0. The average molecular weight is 421 g/mol. The molecule has 0 aromatic heterocycles. The van der Waals surface area contributed by atoms with Crippen molar-refractivity contribution in [2.24, 2.45) is 0 Å². The summed E-state index contributed by atoms with van der Waals surface area (Å²) in [5.74, 6) is 0.136. The molecule has 23 heavy (non-hydrogen) atoms. The molecular weight excluding hydrogens is 401 g/mol. The third-order valence-corrected chi connectivity index (χ3v) is 5.10. The number of amides is 1. The van der Waals surface area contributed by atoms with Gasteiger partial charge in [-0.25, -0.2) is 0 Å². The molecule has 120 valence electrons. The van der Waals surface area contributed by atoms with Crippen LogP contribution in [-0.4, -0.2) is 30.0 Å². The van der Waals surface area contributed by atoms with Crippen LogP contribution in [0.5, 0.6) is 0 Å². The fourth-order valence-electron chi connectivity index (χ4n) is 2.82. The lowest BCUT2D eigenvalue weighted by molar-refractivity contribution is -0.000402. The van der Waals surface area contributed by atoms with Gasteiger partial charge < -0.3 is 9.64 Å². The van der Waals surface area contributed by atoms with Gasteiger partial charge >= 0.3 is 0 Å². The molecule has 1 aliphatic heterocycles. The number of carbonyl (C=O) groups excluding carboxylic acids is 1. The fraction of sp³-hybridized carbons (Fsp3) is 0.316. The zero-order valence-corrected chi connectivity index (χ0v) is 15.1. The highest BCUT2D eigenvalue weighted by atomic mass is 127. The van der Waals surface area contributed by atoms with Crippen LogP contribution in [0.3, 0.4) is 0 Å². The van der Waals surface area contributed by atoms with Crippen LogP contribution in [0, 0.1) is 3.57 Å². The Morgan fingerprint density at radius 2 is 1.70 bits per heavy atom. The highest BCUT2D eigenvalue weighted by Gasteiger charge is 2.24. The van der Waals surface area contributed by atoms with Crippen molar-refractivity contribution in [2.75, 3.05) is 13.1 Å². The summed E-state index contributed by atoms with van der Waals surface area (Å²) in [6.45, 7) is 2.18. The third-order valence-electron chi connectivity index (χ3n) is 4.16. The number of hydrogen-bond donors (Lipinski definition) is 0. The molecule has 0 N–H and O–H groups in total. The van der Waals surface area contributed by atoms with Crippen LogP contribution in [0.25, 0.3) is 0 Å². The van der Waals surface area contributed by atoms with E-state index in [1.54, 1.807) is 0 Å². The van der Waals surface area contributed by atoms with E-state index in [4.69, 9.17) is 4.74 Å². The first kappa shape index (κ1) is 16.5. The second-order valence-electron chi connectivity index (χ2n) is 5.77. The van der Waals surface area contributed by atoms with E-state index in [0.29, 0.717) is 6.61 Å². The van der Waals surface area contributed by atoms with Gasteiger partial charge in [0, 0.05) is 16.7 Å². The van der Waals surface area contributed by atoms with Crippen LogP contribution in [0.2, 0.25) is 0 Å². The maximum absolute atomic E-state index is 12.6. The topological polar surface area (TPSA) is 29.5 Å². The van der Waals surface area contributed by atoms with Gasteiger partial charge in [-0.2, -0.15) is 0 Å². The lowest BCUT2D eigenvalue weighted by Gasteiger charge is -2.32. The number of ether oxygens (including phenoxy) is 1. The lowest BCUT2D eigenvalue weighted by atomic mass is 10.1. The van der Waals surface area contributed by atoms with E-state index in [-0.39, 0.29) is 12.0 Å². The smallest absolute Gasteiger partial charge is 0.254 e. The van der Waals surface area contributed by atoms with Crippen molar-refractivity contribution in [3.05, 3.63) is 69.3 Å². The van der Waals surface area contributed by atoms with Crippen molar-refractivity contribution in [3.8, 4) is 0 Å². The number of piperidine rings is 1. The third kappa shape index (κ3) is 4.32. The van der Waals surface area contributed by atoms with Crippen LogP contribution < -0.4 is 0 Å². The molecule has 1 aliphatic rings. The first-order valence-electron chi connectivity index (χ1n) is 7.93. The first-order chi connectivity index (χ1) is 11.2. The van der Waals surface area contributed by atoms with Gasteiger partial charge in [0.25, 0.3) is 5.91 Å². The fourth-order valence-corrected chi connectivity index (χ4v) is 3.44. The monoisotopic (exact) mass is 421 g/mol. The minimum atomic E-state index is 0.136. The molecule has 1 amide bonds. The van der Waals surface area contributed by atoms with Gasteiger partial charge in [0.05, 0.1) is 18.3 Å². The van der Waals surface area contributed by atoms with Crippen molar-refractivity contribution in [1.29, 1.82) is 0 Å². The summed E-state index contributed by atoms with van der Waals surface area (Å²) < 4.78 is 7.00. The Hall–Kier alpha value is -1.40. The molecule has 0 aliphatic carbocycles. The summed E-state index contributed by atoms with van der Waals surface area (Å²) in [4.78, 5) is 14.5. The molecule has 0 unspecified atom stereocenters. The highest BCUT2D eigenvalue weighted by molar-refractivity contribution is 14.1. The number of likely N-dealkylation sites (tertiary alicyclic amines) is 1. The van der Waals surface area contributed by atoms with Gasteiger partial charge in [-0.3, -0.25) is 4.79 Å². The molecule has 2 aromatic rings. The van der Waals surface area contributed by atoms with Gasteiger partial charge in [-0.15, -0.1) is 0 Å². The molecule has 0 saturated carbocycles. The van der Waals surface area contributed by atoms with Crippen LogP contribution in [-0.2, 0) is 11.3 Å². The predicted octanol–water partition coefficient (Wildman–Crippen LogP) is 4.11. The largest absolute Gasteiger partial charge is 0.373 e. The standard InChI is InChI=1S/C19H20INO2/c20-18-9-5-4-8-17(18)19(22)21-12-10-16(11-13-21)23-14-15-6-2-1-3-7-15/h1-9,16H,10-14H2. The molecule has 2 aromatic carbocycles. The second kappa shape index (κ2) is 7.93.